The Bertz CT molecular complexity index is 569. The van der Waals surface area contributed by atoms with Gasteiger partial charge in [-0.3, -0.25) is 4.79 Å². The number of aldehydes is 1. The fraction of sp³-hybridized carbons (Fsp3) is 0.312. The SMILES string of the molecule is O=CC1=C(C2=CCCCC2)Oc2ccccc2[C@H]1O. The average Bonchev–Trinajstić information content (AvgIpc) is 2.48. The van der Waals surface area contributed by atoms with Crippen molar-refractivity contribution in [2.24, 2.45) is 0 Å². The normalized spacial score (nSPS) is 22.4. The van der Waals surface area contributed by atoms with E-state index in [0.717, 1.165) is 24.8 Å². The van der Waals surface area contributed by atoms with E-state index in [-0.39, 0.29) is 0 Å². The molecule has 3 heteroatoms. The van der Waals surface area contributed by atoms with E-state index in [0.29, 0.717) is 28.9 Å². The van der Waals surface area contributed by atoms with Gasteiger partial charge in [0.15, 0.2) is 6.29 Å². The average molecular weight is 256 g/mol. The van der Waals surface area contributed by atoms with Crippen molar-refractivity contribution in [2.75, 3.05) is 0 Å². The van der Waals surface area contributed by atoms with Crippen LogP contribution < -0.4 is 4.74 Å². The van der Waals surface area contributed by atoms with Crippen LogP contribution in [0, 0.1) is 0 Å². The number of para-hydroxylation sites is 1. The lowest BCUT2D eigenvalue weighted by molar-refractivity contribution is -0.106. The minimum absolute atomic E-state index is 0.340. The molecule has 3 nitrogen and oxygen atoms in total. The van der Waals surface area contributed by atoms with Gasteiger partial charge in [0, 0.05) is 5.56 Å². The molecule has 0 saturated heterocycles. The number of hydrogen-bond acceptors (Lipinski definition) is 3. The number of benzene rings is 1. The number of carbonyl (C=O) groups is 1. The third kappa shape index (κ3) is 2.10. The van der Waals surface area contributed by atoms with E-state index in [1.54, 1.807) is 6.07 Å². The fourth-order valence-electron chi connectivity index (χ4n) is 2.67. The van der Waals surface area contributed by atoms with E-state index in [2.05, 4.69) is 6.08 Å². The maximum atomic E-state index is 11.3. The summed E-state index contributed by atoms with van der Waals surface area (Å²) < 4.78 is 5.87. The van der Waals surface area contributed by atoms with Gasteiger partial charge in [0.25, 0.3) is 0 Å². The Balaban J connectivity index is 2.07. The van der Waals surface area contributed by atoms with Gasteiger partial charge >= 0.3 is 0 Å². The zero-order valence-corrected chi connectivity index (χ0v) is 10.6. The first kappa shape index (κ1) is 12.2. The largest absolute Gasteiger partial charge is 0.456 e. The van der Waals surface area contributed by atoms with Crippen molar-refractivity contribution in [3.05, 3.63) is 52.8 Å². The second-order valence-corrected chi connectivity index (χ2v) is 4.92. The number of rotatable bonds is 2. The summed E-state index contributed by atoms with van der Waals surface area (Å²) in [6.07, 6.45) is 6.12. The number of hydrogen-bond donors (Lipinski definition) is 1. The highest BCUT2D eigenvalue weighted by molar-refractivity contribution is 5.79. The van der Waals surface area contributed by atoms with Crippen LogP contribution in [-0.2, 0) is 4.79 Å². The summed E-state index contributed by atoms with van der Waals surface area (Å²) in [7, 11) is 0. The van der Waals surface area contributed by atoms with E-state index >= 15 is 0 Å². The van der Waals surface area contributed by atoms with Crippen LogP contribution in [0.25, 0.3) is 0 Å². The Labute approximate surface area is 112 Å². The van der Waals surface area contributed by atoms with Gasteiger partial charge in [0.05, 0.1) is 5.57 Å². The Morgan fingerprint density at radius 3 is 2.84 bits per heavy atom. The Hall–Kier alpha value is -1.87. The van der Waals surface area contributed by atoms with Crippen LogP contribution in [0.5, 0.6) is 5.75 Å². The van der Waals surface area contributed by atoms with Gasteiger partial charge < -0.3 is 9.84 Å². The summed E-state index contributed by atoms with van der Waals surface area (Å²) in [5.74, 6) is 1.20. The molecule has 1 atom stereocenters. The summed E-state index contributed by atoms with van der Waals surface area (Å²) in [5, 5.41) is 10.3. The van der Waals surface area contributed by atoms with Crippen LogP contribution in [0.4, 0.5) is 0 Å². The summed E-state index contributed by atoms with van der Waals surface area (Å²) in [4.78, 5) is 11.3. The van der Waals surface area contributed by atoms with Gasteiger partial charge in [-0.2, -0.15) is 0 Å². The molecule has 1 N–H and O–H groups in total. The van der Waals surface area contributed by atoms with Gasteiger partial charge in [-0.1, -0.05) is 24.3 Å². The van der Waals surface area contributed by atoms with Crippen molar-refractivity contribution in [2.45, 2.75) is 31.8 Å². The highest BCUT2D eigenvalue weighted by Crippen LogP contribution is 2.40. The molecule has 19 heavy (non-hydrogen) atoms. The number of carbonyl (C=O) groups excluding carboxylic acids is 1. The van der Waals surface area contributed by atoms with Crippen molar-refractivity contribution in [3.8, 4) is 5.75 Å². The molecule has 1 aromatic rings. The summed E-state index contributed by atoms with van der Waals surface area (Å²) in [6.45, 7) is 0. The summed E-state index contributed by atoms with van der Waals surface area (Å²) in [6, 6.07) is 7.31. The molecule has 0 radical (unpaired) electrons. The maximum Gasteiger partial charge on any atom is 0.152 e. The number of allylic oxidation sites excluding steroid dienone is 2. The number of aliphatic hydroxyl groups is 1. The van der Waals surface area contributed by atoms with Crippen molar-refractivity contribution in [3.63, 3.8) is 0 Å². The zero-order valence-electron chi connectivity index (χ0n) is 10.6. The highest BCUT2D eigenvalue weighted by Gasteiger charge is 2.29. The molecule has 0 amide bonds. The van der Waals surface area contributed by atoms with Gasteiger partial charge in [-0.05, 0) is 37.3 Å². The van der Waals surface area contributed by atoms with Gasteiger partial charge in [-0.15, -0.1) is 0 Å². The predicted octanol–water partition coefficient (Wildman–Crippen LogP) is 3.07. The fourth-order valence-corrected chi connectivity index (χ4v) is 2.67. The third-order valence-electron chi connectivity index (χ3n) is 3.69. The molecular weight excluding hydrogens is 240 g/mol. The smallest absolute Gasteiger partial charge is 0.152 e. The van der Waals surface area contributed by atoms with Crippen molar-refractivity contribution < 1.29 is 14.6 Å². The molecule has 3 rings (SSSR count). The molecule has 0 saturated carbocycles. The van der Waals surface area contributed by atoms with E-state index in [1.807, 2.05) is 18.2 Å². The molecule has 2 aliphatic rings. The number of ether oxygens (including phenoxy) is 1. The van der Waals surface area contributed by atoms with Crippen LogP contribution in [0.15, 0.2) is 47.2 Å². The van der Waals surface area contributed by atoms with Gasteiger partial charge in [0.2, 0.25) is 0 Å². The first-order chi connectivity index (χ1) is 9.31. The molecule has 0 unspecified atom stereocenters. The van der Waals surface area contributed by atoms with Crippen LogP contribution in [0.3, 0.4) is 0 Å². The molecule has 1 aliphatic carbocycles. The van der Waals surface area contributed by atoms with Crippen molar-refractivity contribution in [1.29, 1.82) is 0 Å². The monoisotopic (exact) mass is 256 g/mol. The first-order valence-corrected chi connectivity index (χ1v) is 6.65. The second-order valence-electron chi connectivity index (χ2n) is 4.92. The van der Waals surface area contributed by atoms with E-state index in [4.69, 9.17) is 4.74 Å². The lowest BCUT2D eigenvalue weighted by Gasteiger charge is -2.27. The second kappa shape index (κ2) is 5.02. The van der Waals surface area contributed by atoms with Crippen LogP contribution >= 0.6 is 0 Å². The van der Waals surface area contributed by atoms with E-state index < -0.39 is 6.10 Å². The minimum atomic E-state index is -0.889. The topological polar surface area (TPSA) is 46.5 Å². The maximum absolute atomic E-state index is 11.3. The first-order valence-electron chi connectivity index (χ1n) is 6.65. The molecule has 98 valence electrons. The lowest BCUT2D eigenvalue weighted by atomic mass is 9.91. The lowest BCUT2D eigenvalue weighted by Crippen LogP contribution is -2.18. The molecule has 0 aromatic heterocycles. The van der Waals surface area contributed by atoms with Crippen LogP contribution in [0.2, 0.25) is 0 Å². The third-order valence-corrected chi connectivity index (χ3v) is 3.69. The molecule has 0 fully saturated rings. The quantitative estimate of drug-likeness (QED) is 0.827. The standard InChI is InChI=1S/C16H16O3/c17-10-13-15(18)12-8-4-5-9-14(12)19-16(13)11-6-2-1-3-7-11/h4-6,8-10,15,18H,1-3,7H2/t15-/m1/s1. The summed E-state index contributed by atoms with van der Waals surface area (Å²) >= 11 is 0. The minimum Gasteiger partial charge on any atom is -0.456 e. The summed E-state index contributed by atoms with van der Waals surface area (Å²) in [5.41, 5.74) is 2.04. The Morgan fingerprint density at radius 2 is 2.11 bits per heavy atom. The van der Waals surface area contributed by atoms with Crippen molar-refractivity contribution in [1.82, 2.24) is 0 Å². The molecular formula is C16H16O3. The van der Waals surface area contributed by atoms with Crippen LogP contribution in [0.1, 0.15) is 37.4 Å². The van der Waals surface area contributed by atoms with Gasteiger partial charge in [0.1, 0.15) is 17.6 Å². The molecule has 1 aromatic carbocycles. The number of fused-ring (bicyclic) bond motifs is 1. The number of aliphatic hydroxyl groups excluding tert-OH is 1. The molecule has 1 heterocycles. The molecule has 0 bridgehead atoms. The van der Waals surface area contributed by atoms with Crippen LogP contribution in [-0.4, -0.2) is 11.4 Å². The van der Waals surface area contributed by atoms with Gasteiger partial charge in [-0.25, -0.2) is 0 Å². The van der Waals surface area contributed by atoms with Crippen molar-refractivity contribution >= 4 is 6.29 Å². The Morgan fingerprint density at radius 1 is 1.26 bits per heavy atom. The Kier molecular flexibility index (Phi) is 3.22. The molecule has 1 aliphatic heterocycles. The van der Waals surface area contributed by atoms with E-state index in [9.17, 15) is 9.90 Å². The highest BCUT2D eigenvalue weighted by atomic mass is 16.5. The van der Waals surface area contributed by atoms with E-state index in [1.165, 1.54) is 6.42 Å². The zero-order chi connectivity index (χ0) is 13.2. The molecule has 0 spiro atoms. The predicted molar refractivity (Wildman–Crippen MR) is 71.7 cm³/mol.